The highest BCUT2D eigenvalue weighted by molar-refractivity contribution is 6.04. The summed E-state index contributed by atoms with van der Waals surface area (Å²) in [6.07, 6.45) is 1.68. The van der Waals surface area contributed by atoms with Gasteiger partial charge in [0.25, 0.3) is 11.6 Å². The number of carbonyl (C=O) groups excluding carboxylic acids is 1. The Kier molecular flexibility index (Phi) is 4.47. The van der Waals surface area contributed by atoms with Crippen molar-refractivity contribution in [2.75, 3.05) is 5.32 Å². The molecule has 124 valence electrons. The van der Waals surface area contributed by atoms with Crippen molar-refractivity contribution in [3.8, 4) is 11.3 Å². The summed E-state index contributed by atoms with van der Waals surface area (Å²) < 4.78 is 0. The summed E-state index contributed by atoms with van der Waals surface area (Å²) in [5.74, 6) is 0.323. The summed E-state index contributed by atoms with van der Waals surface area (Å²) in [4.78, 5) is 30.9. The molecule has 1 amide bonds. The molecule has 0 fully saturated rings. The zero-order chi connectivity index (χ0) is 17.8. The standard InChI is InChI=1S/C18H14N4O3/c1-12-19-10-9-17(20-12)14-3-2-4-15(11-14)21-18(23)13-5-7-16(8-6-13)22(24)25/h2-11H,1H3,(H,21,23). The van der Waals surface area contributed by atoms with E-state index in [1.165, 1.54) is 24.3 Å². The number of amides is 1. The van der Waals surface area contributed by atoms with Gasteiger partial charge in [-0.3, -0.25) is 14.9 Å². The van der Waals surface area contributed by atoms with Gasteiger partial charge in [-0.15, -0.1) is 0 Å². The molecule has 0 aliphatic carbocycles. The Morgan fingerprint density at radius 1 is 1.12 bits per heavy atom. The third-order valence-electron chi connectivity index (χ3n) is 3.53. The minimum Gasteiger partial charge on any atom is -0.322 e. The predicted octanol–water partition coefficient (Wildman–Crippen LogP) is 3.61. The first-order valence-corrected chi connectivity index (χ1v) is 7.49. The average molecular weight is 334 g/mol. The molecular formula is C18H14N4O3. The van der Waals surface area contributed by atoms with Gasteiger partial charge >= 0.3 is 0 Å². The number of aryl methyl sites for hydroxylation is 1. The van der Waals surface area contributed by atoms with Gasteiger partial charge in [0.1, 0.15) is 5.82 Å². The van der Waals surface area contributed by atoms with E-state index in [1.807, 2.05) is 25.1 Å². The van der Waals surface area contributed by atoms with Gasteiger partial charge in [-0.1, -0.05) is 12.1 Å². The van der Waals surface area contributed by atoms with Crippen molar-refractivity contribution < 1.29 is 9.72 Å². The van der Waals surface area contributed by atoms with Crippen LogP contribution in [0.5, 0.6) is 0 Å². The number of anilines is 1. The third kappa shape index (κ3) is 3.84. The SMILES string of the molecule is Cc1nccc(-c2cccc(NC(=O)c3ccc([N+](=O)[O-])cc3)c2)n1. The minimum atomic E-state index is -0.505. The molecule has 2 aromatic carbocycles. The molecule has 7 heteroatoms. The van der Waals surface area contributed by atoms with Crippen LogP contribution in [0.4, 0.5) is 11.4 Å². The molecule has 0 aliphatic rings. The molecule has 3 rings (SSSR count). The van der Waals surface area contributed by atoms with Gasteiger partial charge in [-0.05, 0) is 37.3 Å². The molecule has 0 spiro atoms. The van der Waals surface area contributed by atoms with Gasteiger partial charge < -0.3 is 5.32 Å². The van der Waals surface area contributed by atoms with Crippen LogP contribution in [0.15, 0.2) is 60.8 Å². The molecule has 1 aromatic heterocycles. The van der Waals surface area contributed by atoms with E-state index in [0.29, 0.717) is 17.1 Å². The molecule has 0 radical (unpaired) electrons. The smallest absolute Gasteiger partial charge is 0.269 e. The van der Waals surface area contributed by atoms with E-state index in [4.69, 9.17) is 0 Å². The molecule has 0 atom stereocenters. The van der Waals surface area contributed by atoms with Crippen LogP contribution in [-0.2, 0) is 0 Å². The van der Waals surface area contributed by atoms with E-state index in [-0.39, 0.29) is 11.6 Å². The summed E-state index contributed by atoms with van der Waals surface area (Å²) in [5, 5.41) is 13.4. The maximum absolute atomic E-state index is 12.3. The highest BCUT2D eigenvalue weighted by Gasteiger charge is 2.10. The molecule has 0 bridgehead atoms. The van der Waals surface area contributed by atoms with Crippen molar-refractivity contribution in [3.05, 3.63) is 82.3 Å². The number of benzene rings is 2. The van der Waals surface area contributed by atoms with E-state index in [2.05, 4.69) is 15.3 Å². The van der Waals surface area contributed by atoms with Crippen LogP contribution in [0, 0.1) is 17.0 Å². The Hall–Kier alpha value is -3.61. The number of non-ortho nitro benzene ring substituents is 1. The van der Waals surface area contributed by atoms with Crippen molar-refractivity contribution in [3.63, 3.8) is 0 Å². The number of nitro groups is 1. The van der Waals surface area contributed by atoms with Crippen molar-refractivity contribution >= 4 is 17.3 Å². The molecule has 25 heavy (non-hydrogen) atoms. The minimum absolute atomic E-state index is 0.0577. The summed E-state index contributed by atoms with van der Waals surface area (Å²) in [7, 11) is 0. The first-order chi connectivity index (χ1) is 12.0. The fourth-order valence-corrected chi connectivity index (χ4v) is 2.31. The van der Waals surface area contributed by atoms with Crippen molar-refractivity contribution in [2.24, 2.45) is 0 Å². The lowest BCUT2D eigenvalue weighted by atomic mass is 10.1. The van der Waals surface area contributed by atoms with Crippen molar-refractivity contribution in [1.29, 1.82) is 0 Å². The van der Waals surface area contributed by atoms with E-state index >= 15 is 0 Å². The van der Waals surface area contributed by atoms with Crippen LogP contribution in [0.1, 0.15) is 16.2 Å². The van der Waals surface area contributed by atoms with Gasteiger partial charge in [0.2, 0.25) is 0 Å². The van der Waals surface area contributed by atoms with Gasteiger partial charge in [0, 0.05) is 35.1 Å². The van der Waals surface area contributed by atoms with Crippen LogP contribution in [0.2, 0.25) is 0 Å². The largest absolute Gasteiger partial charge is 0.322 e. The average Bonchev–Trinajstić information content (AvgIpc) is 2.62. The highest BCUT2D eigenvalue weighted by atomic mass is 16.6. The number of nitro benzene ring substituents is 1. The maximum atomic E-state index is 12.3. The second-order valence-electron chi connectivity index (χ2n) is 5.33. The Labute approximate surface area is 143 Å². The second kappa shape index (κ2) is 6.88. The molecule has 1 heterocycles. The monoisotopic (exact) mass is 334 g/mol. The maximum Gasteiger partial charge on any atom is 0.269 e. The summed E-state index contributed by atoms with van der Waals surface area (Å²) >= 11 is 0. The molecule has 0 aliphatic heterocycles. The Bertz CT molecular complexity index is 939. The first-order valence-electron chi connectivity index (χ1n) is 7.49. The normalized spacial score (nSPS) is 10.3. The summed E-state index contributed by atoms with van der Waals surface area (Å²) in [6, 6.07) is 14.5. The molecular weight excluding hydrogens is 320 g/mol. The molecule has 1 N–H and O–H groups in total. The number of hydrogen-bond donors (Lipinski definition) is 1. The Balaban J connectivity index is 1.80. The van der Waals surface area contributed by atoms with E-state index < -0.39 is 4.92 Å². The van der Waals surface area contributed by atoms with E-state index in [9.17, 15) is 14.9 Å². The van der Waals surface area contributed by atoms with Crippen LogP contribution < -0.4 is 5.32 Å². The van der Waals surface area contributed by atoms with E-state index in [1.54, 1.807) is 18.3 Å². The van der Waals surface area contributed by atoms with Gasteiger partial charge in [-0.2, -0.15) is 0 Å². The fourth-order valence-electron chi connectivity index (χ4n) is 2.31. The van der Waals surface area contributed by atoms with Crippen LogP contribution >= 0.6 is 0 Å². The Morgan fingerprint density at radius 2 is 1.88 bits per heavy atom. The molecule has 0 saturated carbocycles. The van der Waals surface area contributed by atoms with Gasteiger partial charge in [-0.25, -0.2) is 9.97 Å². The second-order valence-corrected chi connectivity index (χ2v) is 5.33. The lowest BCUT2D eigenvalue weighted by Crippen LogP contribution is -2.11. The van der Waals surface area contributed by atoms with Crippen molar-refractivity contribution in [2.45, 2.75) is 6.92 Å². The quantitative estimate of drug-likeness (QED) is 0.580. The van der Waals surface area contributed by atoms with Gasteiger partial charge in [0.15, 0.2) is 0 Å². The van der Waals surface area contributed by atoms with Crippen LogP contribution in [-0.4, -0.2) is 20.8 Å². The third-order valence-corrected chi connectivity index (χ3v) is 3.53. The number of nitrogens with zero attached hydrogens (tertiary/aromatic N) is 3. The number of aromatic nitrogens is 2. The summed E-state index contributed by atoms with van der Waals surface area (Å²) in [6.45, 7) is 1.81. The molecule has 0 saturated heterocycles. The number of rotatable bonds is 4. The zero-order valence-corrected chi connectivity index (χ0v) is 13.3. The molecule has 0 unspecified atom stereocenters. The zero-order valence-electron chi connectivity index (χ0n) is 13.3. The van der Waals surface area contributed by atoms with Crippen molar-refractivity contribution in [1.82, 2.24) is 9.97 Å². The number of carbonyl (C=O) groups is 1. The van der Waals surface area contributed by atoms with E-state index in [0.717, 1.165) is 11.3 Å². The Morgan fingerprint density at radius 3 is 2.56 bits per heavy atom. The number of hydrogen-bond acceptors (Lipinski definition) is 5. The van der Waals surface area contributed by atoms with Gasteiger partial charge in [0.05, 0.1) is 10.6 Å². The predicted molar refractivity (Wildman–Crippen MR) is 93.3 cm³/mol. The number of nitrogens with one attached hydrogen (secondary N) is 1. The highest BCUT2D eigenvalue weighted by Crippen LogP contribution is 2.21. The lowest BCUT2D eigenvalue weighted by molar-refractivity contribution is -0.384. The lowest BCUT2D eigenvalue weighted by Gasteiger charge is -2.08. The van der Waals surface area contributed by atoms with Crippen LogP contribution in [0.25, 0.3) is 11.3 Å². The first kappa shape index (κ1) is 16.3. The molecule has 3 aromatic rings. The topological polar surface area (TPSA) is 98.0 Å². The fraction of sp³-hybridized carbons (Fsp3) is 0.0556. The molecule has 7 nitrogen and oxygen atoms in total. The summed E-state index contributed by atoms with van der Waals surface area (Å²) in [5.41, 5.74) is 2.51. The van der Waals surface area contributed by atoms with Crippen LogP contribution in [0.3, 0.4) is 0 Å².